The van der Waals surface area contributed by atoms with Gasteiger partial charge in [0.15, 0.2) is 0 Å². The molecule has 0 heterocycles. The van der Waals surface area contributed by atoms with Crippen LogP contribution in [0.4, 0.5) is 4.39 Å². The summed E-state index contributed by atoms with van der Waals surface area (Å²) in [6, 6.07) is 13.8. The minimum atomic E-state index is -0.977. The lowest BCUT2D eigenvalue weighted by molar-refractivity contribution is 0.0259. The van der Waals surface area contributed by atoms with Crippen LogP contribution in [0.2, 0.25) is 0 Å². The smallest absolute Gasteiger partial charge is 0.254 e. The van der Waals surface area contributed by atoms with E-state index in [1.54, 1.807) is 6.07 Å². The molecule has 4 heteroatoms. The Balaban J connectivity index is 1.67. The highest BCUT2D eigenvalue weighted by atomic mass is 19.1. The third-order valence-corrected chi connectivity index (χ3v) is 4.19. The summed E-state index contributed by atoms with van der Waals surface area (Å²) in [6.07, 6.45) is 1.87. The minimum Gasteiger partial charge on any atom is -0.388 e. The number of aliphatic hydroxyl groups is 1. The van der Waals surface area contributed by atoms with E-state index in [9.17, 15) is 14.3 Å². The Hall–Kier alpha value is -2.20. The normalized spacial score (nSPS) is 20.3. The standard InChI is InChI=1S/C18H18FNO2/c19-16-8-4-3-7-15(16)17(21)20-12-18(22)10-9-13-5-1-2-6-14(13)11-18/h1-8,22H,9-12H2,(H,20,21)/t18-/m1/s1. The molecule has 0 radical (unpaired) electrons. The van der Waals surface area contributed by atoms with Crippen molar-refractivity contribution in [2.45, 2.75) is 24.9 Å². The molecule has 1 aliphatic carbocycles. The molecule has 0 fully saturated rings. The van der Waals surface area contributed by atoms with Crippen LogP contribution in [-0.4, -0.2) is 23.2 Å². The molecule has 0 unspecified atom stereocenters. The summed E-state index contributed by atoms with van der Waals surface area (Å²) in [4.78, 5) is 12.0. The van der Waals surface area contributed by atoms with Crippen molar-refractivity contribution in [3.05, 3.63) is 71.0 Å². The van der Waals surface area contributed by atoms with E-state index >= 15 is 0 Å². The van der Waals surface area contributed by atoms with Crippen LogP contribution < -0.4 is 5.32 Å². The van der Waals surface area contributed by atoms with Crippen LogP contribution in [0.25, 0.3) is 0 Å². The highest BCUT2D eigenvalue weighted by molar-refractivity contribution is 5.94. The molecule has 1 aliphatic rings. The first-order valence-corrected chi connectivity index (χ1v) is 7.39. The topological polar surface area (TPSA) is 49.3 Å². The summed E-state index contributed by atoms with van der Waals surface area (Å²) in [6.45, 7) is 0.120. The van der Waals surface area contributed by atoms with Crippen molar-refractivity contribution in [1.29, 1.82) is 0 Å². The van der Waals surface area contributed by atoms with E-state index < -0.39 is 17.3 Å². The predicted molar refractivity (Wildman–Crippen MR) is 82.2 cm³/mol. The second-order valence-corrected chi connectivity index (χ2v) is 5.83. The number of hydrogen-bond donors (Lipinski definition) is 2. The van der Waals surface area contributed by atoms with Crippen molar-refractivity contribution in [2.75, 3.05) is 6.54 Å². The summed E-state index contributed by atoms with van der Waals surface area (Å²) in [5, 5.41) is 13.3. The average Bonchev–Trinajstić information content (AvgIpc) is 2.53. The Morgan fingerprint density at radius 3 is 2.59 bits per heavy atom. The molecule has 22 heavy (non-hydrogen) atoms. The fourth-order valence-electron chi connectivity index (χ4n) is 2.92. The monoisotopic (exact) mass is 299 g/mol. The summed E-state index contributed by atoms with van der Waals surface area (Å²) in [5.74, 6) is -1.05. The lowest BCUT2D eigenvalue weighted by Crippen LogP contribution is -2.46. The Labute approximate surface area is 128 Å². The fraction of sp³-hybridized carbons (Fsp3) is 0.278. The Morgan fingerprint density at radius 1 is 1.14 bits per heavy atom. The quantitative estimate of drug-likeness (QED) is 0.915. The molecule has 3 nitrogen and oxygen atoms in total. The van der Waals surface area contributed by atoms with Crippen molar-refractivity contribution >= 4 is 5.91 Å². The molecule has 114 valence electrons. The van der Waals surface area contributed by atoms with E-state index in [1.165, 1.54) is 23.8 Å². The number of rotatable bonds is 3. The van der Waals surface area contributed by atoms with Crippen molar-refractivity contribution in [1.82, 2.24) is 5.32 Å². The number of benzene rings is 2. The van der Waals surface area contributed by atoms with Crippen molar-refractivity contribution in [3.8, 4) is 0 Å². The van der Waals surface area contributed by atoms with E-state index in [4.69, 9.17) is 0 Å². The van der Waals surface area contributed by atoms with Gasteiger partial charge in [-0.2, -0.15) is 0 Å². The molecule has 2 N–H and O–H groups in total. The maximum absolute atomic E-state index is 13.6. The number of halogens is 1. The first kappa shape index (κ1) is 14.7. The molecular formula is C18H18FNO2. The van der Waals surface area contributed by atoms with Gasteiger partial charge in [0.05, 0.1) is 11.2 Å². The lowest BCUT2D eigenvalue weighted by Gasteiger charge is -2.33. The van der Waals surface area contributed by atoms with Crippen LogP contribution in [0.3, 0.4) is 0 Å². The molecule has 1 amide bonds. The van der Waals surface area contributed by atoms with E-state index in [0.29, 0.717) is 12.8 Å². The van der Waals surface area contributed by atoms with E-state index in [1.807, 2.05) is 18.2 Å². The second kappa shape index (κ2) is 5.89. The SMILES string of the molecule is O=C(NC[C@@]1(O)CCc2ccccc2C1)c1ccccc1F. The third-order valence-electron chi connectivity index (χ3n) is 4.19. The first-order valence-electron chi connectivity index (χ1n) is 7.39. The van der Waals surface area contributed by atoms with Crippen LogP contribution >= 0.6 is 0 Å². The van der Waals surface area contributed by atoms with Gasteiger partial charge in [-0.15, -0.1) is 0 Å². The molecule has 3 rings (SSSR count). The van der Waals surface area contributed by atoms with E-state index in [0.717, 1.165) is 12.0 Å². The summed E-state index contributed by atoms with van der Waals surface area (Å²) in [5.41, 5.74) is 1.38. The number of aryl methyl sites for hydroxylation is 1. The number of fused-ring (bicyclic) bond motifs is 1. The van der Waals surface area contributed by atoms with Gasteiger partial charge >= 0.3 is 0 Å². The maximum atomic E-state index is 13.6. The average molecular weight is 299 g/mol. The van der Waals surface area contributed by atoms with E-state index in [2.05, 4.69) is 11.4 Å². The third kappa shape index (κ3) is 3.02. The number of amides is 1. The van der Waals surface area contributed by atoms with Crippen LogP contribution in [0.15, 0.2) is 48.5 Å². The molecule has 1 atom stereocenters. The lowest BCUT2D eigenvalue weighted by atomic mass is 9.80. The summed E-state index contributed by atoms with van der Waals surface area (Å²) in [7, 11) is 0. The first-order chi connectivity index (χ1) is 10.6. The molecule has 0 saturated heterocycles. The molecule has 0 aromatic heterocycles. The predicted octanol–water partition coefficient (Wildman–Crippen LogP) is 2.48. The van der Waals surface area contributed by atoms with Gasteiger partial charge in [0.25, 0.3) is 5.91 Å². The van der Waals surface area contributed by atoms with Crippen molar-refractivity contribution < 1.29 is 14.3 Å². The van der Waals surface area contributed by atoms with Crippen LogP contribution in [0, 0.1) is 5.82 Å². The zero-order valence-electron chi connectivity index (χ0n) is 12.2. The maximum Gasteiger partial charge on any atom is 0.254 e. The molecular weight excluding hydrogens is 281 g/mol. The molecule has 0 saturated carbocycles. The Morgan fingerprint density at radius 2 is 1.82 bits per heavy atom. The molecule has 0 spiro atoms. The number of carbonyl (C=O) groups excluding carboxylic acids is 1. The fourth-order valence-corrected chi connectivity index (χ4v) is 2.92. The van der Waals surface area contributed by atoms with Gasteiger partial charge in [0.2, 0.25) is 0 Å². The van der Waals surface area contributed by atoms with Gasteiger partial charge in [0.1, 0.15) is 5.82 Å². The zero-order chi connectivity index (χ0) is 15.6. The van der Waals surface area contributed by atoms with Gasteiger partial charge in [0, 0.05) is 13.0 Å². The van der Waals surface area contributed by atoms with Crippen LogP contribution in [0.5, 0.6) is 0 Å². The summed E-state index contributed by atoms with van der Waals surface area (Å²) >= 11 is 0. The molecule has 2 aromatic carbocycles. The largest absolute Gasteiger partial charge is 0.388 e. The zero-order valence-corrected chi connectivity index (χ0v) is 12.2. The van der Waals surface area contributed by atoms with Gasteiger partial charge < -0.3 is 10.4 Å². The summed E-state index contributed by atoms with van der Waals surface area (Å²) < 4.78 is 13.6. The van der Waals surface area contributed by atoms with Crippen LogP contribution in [0.1, 0.15) is 27.9 Å². The van der Waals surface area contributed by atoms with Gasteiger partial charge in [-0.25, -0.2) is 4.39 Å². The van der Waals surface area contributed by atoms with Gasteiger partial charge in [-0.05, 0) is 36.1 Å². The molecule has 2 aromatic rings. The van der Waals surface area contributed by atoms with Gasteiger partial charge in [-0.1, -0.05) is 36.4 Å². The number of carbonyl (C=O) groups is 1. The minimum absolute atomic E-state index is 0.00214. The second-order valence-electron chi connectivity index (χ2n) is 5.83. The van der Waals surface area contributed by atoms with Crippen LogP contribution in [-0.2, 0) is 12.8 Å². The Bertz CT molecular complexity index is 701. The highest BCUT2D eigenvalue weighted by Gasteiger charge is 2.32. The number of hydrogen-bond acceptors (Lipinski definition) is 2. The van der Waals surface area contributed by atoms with Crippen molar-refractivity contribution in [3.63, 3.8) is 0 Å². The molecule has 0 aliphatic heterocycles. The number of nitrogens with one attached hydrogen (secondary N) is 1. The van der Waals surface area contributed by atoms with Crippen molar-refractivity contribution in [2.24, 2.45) is 0 Å². The Kier molecular flexibility index (Phi) is 3.94. The van der Waals surface area contributed by atoms with E-state index in [-0.39, 0.29) is 12.1 Å². The highest BCUT2D eigenvalue weighted by Crippen LogP contribution is 2.28. The molecule has 0 bridgehead atoms. The van der Waals surface area contributed by atoms with Gasteiger partial charge in [-0.3, -0.25) is 4.79 Å².